The van der Waals surface area contributed by atoms with Crippen molar-refractivity contribution < 1.29 is 9.59 Å². The van der Waals surface area contributed by atoms with Crippen LogP contribution in [0.5, 0.6) is 0 Å². The molecule has 2 aromatic carbocycles. The summed E-state index contributed by atoms with van der Waals surface area (Å²) in [4.78, 5) is 27.2. The third-order valence-corrected chi connectivity index (χ3v) is 5.86. The van der Waals surface area contributed by atoms with E-state index < -0.39 is 0 Å². The van der Waals surface area contributed by atoms with Gasteiger partial charge in [-0.1, -0.05) is 19.3 Å². The van der Waals surface area contributed by atoms with Crippen molar-refractivity contribution in [2.75, 3.05) is 12.4 Å². The van der Waals surface area contributed by atoms with Crippen LogP contribution in [0.25, 0.3) is 5.69 Å². The molecular weight excluding hydrogens is 374 g/mol. The number of nitrogens with one attached hydrogen (secondary N) is 1. The predicted octanol–water partition coefficient (Wildman–Crippen LogP) is 5.13. The summed E-state index contributed by atoms with van der Waals surface area (Å²) < 4.78 is 1.99. The molecule has 0 saturated heterocycles. The predicted molar refractivity (Wildman–Crippen MR) is 119 cm³/mol. The van der Waals surface area contributed by atoms with E-state index >= 15 is 0 Å². The Balaban J connectivity index is 1.38. The number of aromatic nitrogens is 1. The van der Waals surface area contributed by atoms with Gasteiger partial charge in [-0.05, 0) is 73.5 Å². The number of rotatable bonds is 5. The highest BCUT2D eigenvalue weighted by molar-refractivity contribution is 6.04. The minimum absolute atomic E-state index is 0.0420. The van der Waals surface area contributed by atoms with E-state index in [4.69, 9.17) is 0 Å². The minimum Gasteiger partial charge on any atom is -0.339 e. The number of carbonyl (C=O) groups is 2. The molecule has 0 aliphatic heterocycles. The fourth-order valence-corrected chi connectivity index (χ4v) is 4.03. The number of anilines is 1. The molecule has 1 aliphatic carbocycles. The number of nitrogens with zero attached hydrogens (tertiary/aromatic N) is 2. The van der Waals surface area contributed by atoms with Crippen molar-refractivity contribution in [1.29, 1.82) is 0 Å². The summed E-state index contributed by atoms with van der Waals surface area (Å²) in [5.41, 5.74) is 2.91. The summed E-state index contributed by atoms with van der Waals surface area (Å²) >= 11 is 0. The minimum atomic E-state index is -0.174. The average Bonchev–Trinajstić information content (AvgIpc) is 3.34. The molecule has 1 saturated carbocycles. The van der Waals surface area contributed by atoms with E-state index in [1.54, 1.807) is 24.3 Å². The van der Waals surface area contributed by atoms with Gasteiger partial charge in [-0.15, -0.1) is 0 Å². The molecule has 1 aliphatic rings. The van der Waals surface area contributed by atoms with Gasteiger partial charge in [0.25, 0.3) is 11.8 Å². The number of hydrogen-bond donors (Lipinski definition) is 1. The lowest BCUT2D eigenvalue weighted by Crippen LogP contribution is -2.38. The second kappa shape index (κ2) is 8.99. The van der Waals surface area contributed by atoms with Crippen molar-refractivity contribution in [3.05, 3.63) is 84.2 Å². The zero-order chi connectivity index (χ0) is 20.9. The summed E-state index contributed by atoms with van der Waals surface area (Å²) in [5, 5.41) is 2.90. The third-order valence-electron chi connectivity index (χ3n) is 5.86. The van der Waals surface area contributed by atoms with Gasteiger partial charge in [0.15, 0.2) is 0 Å². The standard InChI is InChI=1S/C25H27N3O2/c1-27(22-7-3-2-4-8-22)25(30)20-9-13-21(14-10-20)26-24(29)19-11-15-23(16-12-19)28-17-5-6-18-28/h5-6,9-18,22H,2-4,7-8H2,1H3,(H,26,29). The molecule has 3 aromatic rings. The van der Waals surface area contributed by atoms with Crippen LogP contribution < -0.4 is 5.32 Å². The highest BCUT2D eigenvalue weighted by atomic mass is 16.2. The van der Waals surface area contributed by atoms with Gasteiger partial charge in [-0.25, -0.2) is 0 Å². The Morgan fingerprint density at radius 2 is 1.47 bits per heavy atom. The van der Waals surface area contributed by atoms with E-state index in [2.05, 4.69) is 5.32 Å². The lowest BCUT2D eigenvalue weighted by Gasteiger charge is -2.31. The highest BCUT2D eigenvalue weighted by Crippen LogP contribution is 2.23. The quantitative estimate of drug-likeness (QED) is 0.644. The molecule has 0 radical (unpaired) electrons. The molecule has 1 fully saturated rings. The van der Waals surface area contributed by atoms with Crippen molar-refractivity contribution >= 4 is 17.5 Å². The van der Waals surface area contributed by atoms with Crippen molar-refractivity contribution in [3.63, 3.8) is 0 Å². The molecule has 5 heteroatoms. The Morgan fingerprint density at radius 1 is 0.867 bits per heavy atom. The largest absolute Gasteiger partial charge is 0.339 e. The number of benzene rings is 2. The first-order valence-electron chi connectivity index (χ1n) is 10.5. The van der Waals surface area contributed by atoms with Gasteiger partial charge >= 0.3 is 0 Å². The maximum absolute atomic E-state index is 12.8. The molecule has 0 spiro atoms. The maximum atomic E-state index is 12.8. The van der Waals surface area contributed by atoms with Crippen LogP contribution in [0.2, 0.25) is 0 Å². The fourth-order valence-electron chi connectivity index (χ4n) is 4.03. The summed E-state index contributed by atoms with van der Waals surface area (Å²) in [6.45, 7) is 0. The first kappa shape index (κ1) is 20.0. The fraction of sp³-hybridized carbons (Fsp3) is 0.280. The van der Waals surface area contributed by atoms with Crippen LogP contribution >= 0.6 is 0 Å². The second-order valence-electron chi connectivity index (χ2n) is 7.88. The Hall–Kier alpha value is -3.34. The Bertz CT molecular complexity index is 986. The maximum Gasteiger partial charge on any atom is 0.255 e. The SMILES string of the molecule is CN(C(=O)c1ccc(NC(=O)c2ccc(-n3cccc3)cc2)cc1)C1CCCCC1. The molecule has 154 valence electrons. The molecule has 2 amide bonds. The summed E-state index contributed by atoms with van der Waals surface area (Å²) in [6, 6.07) is 18.8. The van der Waals surface area contributed by atoms with Crippen LogP contribution in [-0.2, 0) is 0 Å². The molecule has 4 rings (SSSR count). The summed E-state index contributed by atoms with van der Waals surface area (Å²) in [7, 11) is 1.89. The van der Waals surface area contributed by atoms with E-state index in [-0.39, 0.29) is 11.8 Å². The van der Waals surface area contributed by atoms with E-state index in [9.17, 15) is 9.59 Å². The van der Waals surface area contributed by atoms with Crippen molar-refractivity contribution in [2.45, 2.75) is 38.1 Å². The van der Waals surface area contributed by atoms with Crippen LogP contribution in [0.15, 0.2) is 73.1 Å². The number of carbonyl (C=O) groups excluding carboxylic acids is 2. The van der Waals surface area contributed by atoms with Gasteiger partial charge in [-0.3, -0.25) is 9.59 Å². The van der Waals surface area contributed by atoms with E-state index in [1.807, 2.05) is 65.3 Å². The zero-order valence-electron chi connectivity index (χ0n) is 17.3. The monoisotopic (exact) mass is 401 g/mol. The van der Waals surface area contributed by atoms with Crippen LogP contribution in [0, 0.1) is 0 Å². The van der Waals surface area contributed by atoms with Crippen LogP contribution in [-0.4, -0.2) is 34.4 Å². The third kappa shape index (κ3) is 4.46. The molecule has 5 nitrogen and oxygen atoms in total. The van der Waals surface area contributed by atoms with Gasteiger partial charge in [-0.2, -0.15) is 0 Å². The molecular formula is C25H27N3O2. The van der Waals surface area contributed by atoms with Gasteiger partial charge in [0.05, 0.1) is 0 Å². The zero-order valence-corrected chi connectivity index (χ0v) is 17.3. The second-order valence-corrected chi connectivity index (χ2v) is 7.88. The van der Waals surface area contributed by atoms with Gasteiger partial charge in [0, 0.05) is 48.0 Å². The van der Waals surface area contributed by atoms with Crippen molar-refractivity contribution in [1.82, 2.24) is 9.47 Å². The molecule has 0 bridgehead atoms. The lowest BCUT2D eigenvalue weighted by molar-refractivity contribution is 0.0696. The molecule has 30 heavy (non-hydrogen) atoms. The Kier molecular flexibility index (Phi) is 5.98. The van der Waals surface area contributed by atoms with Gasteiger partial charge < -0.3 is 14.8 Å². The first-order valence-corrected chi connectivity index (χ1v) is 10.5. The van der Waals surface area contributed by atoms with Gasteiger partial charge in [0.1, 0.15) is 0 Å². The van der Waals surface area contributed by atoms with Crippen LogP contribution in [0.3, 0.4) is 0 Å². The molecule has 1 aromatic heterocycles. The van der Waals surface area contributed by atoms with E-state index in [0.29, 0.717) is 22.9 Å². The first-order chi connectivity index (χ1) is 14.6. The Labute approximate surface area is 177 Å². The Morgan fingerprint density at radius 3 is 2.10 bits per heavy atom. The molecule has 0 unspecified atom stereocenters. The van der Waals surface area contributed by atoms with Crippen molar-refractivity contribution in [2.24, 2.45) is 0 Å². The topological polar surface area (TPSA) is 54.3 Å². The summed E-state index contributed by atoms with van der Waals surface area (Å²) in [5.74, 6) is -0.132. The van der Waals surface area contributed by atoms with Gasteiger partial charge in [0.2, 0.25) is 0 Å². The number of amides is 2. The smallest absolute Gasteiger partial charge is 0.255 e. The summed E-state index contributed by atoms with van der Waals surface area (Å²) in [6.07, 6.45) is 9.74. The van der Waals surface area contributed by atoms with Crippen LogP contribution in [0.1, 0.15) is 52.8 Å². The van der Waals surface area contributed by atoms with Crippen LogP contribution in [0.4, 0.5) is 5.69 Å². The average molecular weight is 402 g/mol. The molecule has 1 heterocycles. The highest BCUT2D eigenvalue weighted by Gasteiger charge is 2.22. The van der Waals surface area contributed by atoms with E-state index in [0.717, 1.165) is 18.5 Å². The lowest BCUT2D eigenvalue weighted by atomic mass is 9.94. The molecule has 1 N–H and O–H groups in total. The molecule has 0 atom stereocenters. The van der Waals surface area contributed by atoms with Crippen molar-refractivity contribution in [3.8, 4) is 5.69 Å². The van der Waals surface area contributed by atoms with E-state index in [1.165, 1.54) is 19.3 Å². The normalized spacial score (nSPS) is 14.3. The number of hydrogen-bond acceptors (Lipinski definition) is 2.